The number of hydrogen-bond acceptors (Lipinski definition) is 5. The summed E-state index contributed by atoms with van der Waals surface area (Å²) in [7, 11) is 4.70. The summed E-state index contributed by atoms with van der Waals surface area (Å²) in [6.45, 7) is 2.09. The molecule has 4 rings (SSSR count). The second kappa shape index (κ2) is 9.47. The molecule has 0 radical (unpaired) electrons. The molecule has 176 valence electrons. The normalized spacial score (nSPS) is 17.1. The summed E-state index contributed by atoms with van der Waals surface area (Å²) in [6, 6.07) is 20.1. The molecule has 1 aliphatic rings. The molecule has 7 heteroatoms. The topological polar surface area (TPSA) is 77.1 Å². The third-order valence-corrected chi connectivity index (χ3v) is 6.15. The van der Waals surface area contributed by atoms with Gasteiger partial charge in [-0.25, -0.2) is 0 Å². The lowest BCUT2D eigenvalue weighted by Crippen LogP contribution is -2.63. The first-order chi connectivity index (χ1) is 16.4. The Balaban J connectivity index is 1.74. The number of fused-ring (bicyclic) bond motifs is 1. The third kappa shape index (κ3) is 4.29. The molecule has 1 heterocycles. The van der Waals surface area contributed by atoms with Gasteiger partial charge in [0.1, 0.15) is 22.8 Å². The maximum absolute atomic E-state index is 13.7. The monoisotopic (exact) mass is 460 g/mol. The first-order valence-corrected chi connectivity index (χ1v) is 11.0. The Bertz CT molecular complexity index is 1200. The standard InChI is InChI=1S/C27H28N2O5/c1-27(26(31)28-17-18-8-7-10-21(12-18)32-2)16-19-9-5-6-11-24(19)25(30)29(27)20-13-22(33-3)15-23(14-20)34-4/h5-15H,16-17H2,1-4H3,(H,28,31)/t27-/m1/s1. The van der Waals surface area contributed by atoms with Crippen LogP contribution in [0.5, 0.6) is 17.2 Å². The number of ether oxygens (including phenoxy) is 3. The number of anilines is 1. The third-order valence-electron chi connectivity index (χ3n) is 6.15. The van der Waals surface area contributed by atoms with Gasteiger partial charge in [-0.2, -0.15) is 0 Å². The molecular formula is C27H28N2O5. The van der Waals surface area contributed by atoms with Gasteiger partial charge in [0.15, 0.2) is 0 Å². The molecule has 1 atom stereocenters. The number of methoxy groups -OCH3 is 3. The van der Waals surface area contributed by atoms with Crippen molar-refractivity contribution in [2.75, 3.05) is 26.2 Å². The maximum Gasteiger partial charge on any atom is 0.259 e. The van der Waals surface area contributed by atoms with Crippen LogP contribution in [-0.4, -0.2) is 38.7 Å². The highest BCUT2D eigenvalue weighted by Gasteiger charge is 2.47. The number of nitrogens with one attached hydrogen (secondary N) is 1. The van der Waals surface area contributed by atoms with E-state index >= 15 is 0 Å². The highest BCUT2D eigenvalue weighted by molar-refractivity contribution is 6.14. The molecule has 7 nitrogen and oxygen atoms in total. The van der Waals surface area contributed by atoms with Crippen LogP contribution < -0.4 is 24.4 Å². The molecular weight excluding hydrogens is 432 g/mol. The summed E-state index contributed by atoms with van der Waals surface area (Å²) >= 11 is 0. The van der Waals surface area contributed by atoms with E-state index in [0.29, 0.717) is 41.5 Å². The van der Waals surface area contributed by atoms with Crippen LogP contribution in [0.3, 0.4) is 0 Å². The van der Waals surface area contributed by atoms with Crippen molar-refractivity contribution in [3.63, 3.8) is 0 Å². The zero-order chi connectivity index (χ0) is 24.3. The lowest BCUT2D eigenvalue weighted by Gasteiger charge is -2.44. The van der Waals surface area contributed by atoms with E-state index in [4.69, 9.17) is 14.2 Å². The van der Waals surface area contributed by atoms with E-state index in [2.05, 4.69) is 5.32 Å². The Morgan fingerprint density at radius 1 is 0.912 bits per heavy atom. The molecule has 1 N–H and O–H groups in total. The van der Waals surface area contributed by atoms with Crippen molar-refractivity contribution in [2.24, 2.45) is 0 Å². The van der Waals surface area contributed by atoms with Crippen LogP contribution in [0.15, 0.2) is 66.7 Å². The van der Waals surface area contributed by atoms with Gasteiger partial charge in [-0.1, -0.05) is 30.3 Å². The molecule has 0 saturated carbocycles. The van der Waals surface area contributed by atoms with Gasteiger partial charge in [0.2, 0.25) is 5.91 Å². The van der Waals surface area contributed by atoms with Crippen molar-refractivity contribution in [3.8, 4) is 17.2 Å². The van der Waals surface area contributed by atoms with Crippen molar-refractivity contribution < 1.29 is 23.8 Å². The molecule has 34 heavy (non-hydrogen) atoms. The zero-order valence-electron chi connectivity index (χ0n) is 19.8. The Kier molecular flexibility index (Phi) is 6.45. The summed E-state index contributed by atoms with van der Waals surface area (Å²) in [6.07, 6.45) is 0.360. The van der Waals surface area contributed by atoms with Crippen molar-refractivity contribution in [1.82, 2.24) is 5.32 Å². The van der Waals surface area contributed by atoms with Crippen LogP contribution in [0.1, 0.15) is 28.4 Å². The second-order valence-electron chi connectivity index (χ2n) is 8.35. The van der Waals surface area contributed by atoms with Gasteiger partial charge in [-0.05, 0) is 36.2 Å². The summed E-state index contributed by atoms with van der Waals surface area (Å²) in [5.74, 6) is 1.25. The predicted octanol–water partition coefficient (Wildman–Crippen LogP) is 3.99. The quantitative estimate of drug-likeness (QED) is 0.577. The van der Waals surface area contributed by atoms with Crippen molar-refractivity contribution in [3.05, 3.63) is 83.4 Å². The molecule has 0 unspecified atom stereocenters. The van der Waals surface area contributed by atoms with Crippen LogP contribution in [0, 0.1) is 0 Å². The number of carbonyl (C=O) groups excluding carboxylic acids is 2. The maximum atomic E-state index is 13.7. The molecule has 2 amide bonds. The van der Waals surface area contributed by atoms with E-state index in [9.17, 15) is 9.59 Å². The van der Waals surface area contributed by atoms with E-state index < -0.39 is 5.54 Å². The molecule has 3 aromatic rings. The Morgan fingerprint density at radius 3 is 2.26 bits per heavy atom. The van der Waals surface area contributed by atoms with Crippen molar-refractivity contribution in [2.45, 2.75) is 25.4 Å². The highest BCUT2D eigenvalue weighted by Crippen LogP contribution is 2.38. The molecule has 1 aliphatic heterocycles. The van der Waals surface area contributed by atoms with Gasteiger partial charge in [-0.15, -0.1) is 0 Å². The minimum atomic E-state index is -1.18. The fraction of sp³-hybridized carbons (Fsp3) is 0.259. The van der Waals surface area contributed by atoms with Crippen LogP contribution in [0.25, 0.3) is 0 Å². The SMILES string of the molecule is COc1cccc(CNC(=O)[C@@]2(C)Cc3ccccc3C(=O)N2c2cc(OC)cc(OC)c2)c1. The minimum Gasteiger partial charge on any atom is -0.497 e. The van der Waals surface area contributed by atoms with Gasteiger partial charge in [0, 0.05) is 36.7 Å². The first-order valence-electron chi connectivity index (χ1n) is 11.0. The molecule has 3 aromatic carbocycles. The van der Waals surface area contributed by atoms with Crippen molar-refractivity contribution >= 4 is 17.5 Å². The summed E-state index contributed by atoms with van der Waals surface area (Å²) < 4.78 is 16.1. The Hall–Kier alpha value is -4.00. The van der Waals surface area contributed by atoms with E-state index in [1.165, 1.54) is 0 Å². The zero-order valence-corrected chi connectivity index (χ0v) is 19.8. The number of benzene rings is 3. The van der Waals surface area contributed by atoms with Gasteiger partial charge in [-0.3, -0.25) is 14.5 Å². The molecule has 0 saturated heterocycles. The van der Waals surface area contributed by atoms with Gasteiger partial charge in [0.25, 0.3) is 5.91 Å². The van der Waals surface area contributed by atoms with Crippen LogP contribution in [0.2, 0.25) is 0 Å². The second-order valence-corrected chi connectivity index (χ2v) is 8.35. The smallest absolute Gasteiger partial charge is 0.259 e. The van der Waals surface area contributed by atoms with E-state index in [1.54, 1.807) is 57.4 Å². The van der Waals surface area contributed by atoms with Crippen LogP contribution >= 0.6 is 0 Å². The first kappa shape index (κ1) is 23.2. The lowest BCUT2D eigenvalue weighted by molar-refractivity contribution is -0.126. The number of amides is 2. The number of nitrogens with zero attached hydrogens (tertiary/aromatic N) is 1. The summed E-state index contributed by atoms with van der Waals surface area (Å²) in [5, 5.41) is 3.02. The molecule has 0 bridgehead atoms. The lowest BCUT2D eigenvalue weighted by atomic mass is 9.82. The largest absolute Gasteiger partial charge is 0.497 e. The van der Waals surface area contributed by atoms with Gasteiger partial charge in [0.05, 0.1) is 27.0 Å². The molecule has 0 aromatic heterocycles. The highest BCUT2D eigenvalue weighted by atomic mass is 16.5. The van der Waals surface area contributed by atoms with Crippen LogP contribution in [0.4, 0.5) is 5.69 Å². The van der Waals surface area contributed by atoms with Gasteiger partial charge >= 0.3 is 0 Å². The minimum absolute atomic E-state index is 0.254. The van der Waals surface area contributed by atoms with E-state index in [-0.39, 0.29) is 11.8 Å². The fourth-order valence-electron chi connectivity index (χ4n) is 4.34. The molecule has 0 aliphatic carbocycles. The average Bonchev–Trinajstić information content (AvgIpc) is 2.87. The van der Waals surface area contributed by atoms with Crippen molar-refractivity contribution in [1.29, 1.82) is 0 Å². The molecule has 0 spiro atoms. The number of hydrogen-bond donors (Lipinski definition) is 1. The Labute approximate surface area is 199 Å². The predicted molar refractivity (Wildman–Crippen MR) is 130 cm³/mol. The fourth-order valence-corrected chi connectivity index (χ4v) is 4.34. The van der Waals surface area contributed by atoms with E-state index in [0.717, 1.165) is 11.1 Å². The average molecular weight is 461 g/mol. The molecule has 0 fully saturated rings. The summed E-state index contributed by atoms with van der Waals surface area (Å²) in [4.78, 5) is 29.0. The number of rotatable bonds is 7. The van der Waals surface area contributed by atoms with Crippen LogP contribution in [-0.2, 0) is 17.8 Å². The number of carbonyl (C=O) groups is 2. The summed E-state index contributed by atoms with van der Waals surface area (Å²) in [5.41, 5.74) is 1.64. The Morgan fingerprint density at radius 2 is 1.59 bits per heavy atom. The van der Waals surface area contributed by atoms with E-state index in [1.807, 2.05) is 42.5 Å². The van der Waals surface area contributed by atoms with Gasteiger partial charge < -0.3 is 19.5 Å².